The molecule has 0 fully saturated rings. The SMILES string of the molecule is C[Si](C)(C)CCOCn1c(P=O)cc2c(-c3cccc(C(F)(F)F)c3)ncnc21. The Kier molecular flexibility index (Phi) is 6.21. The molecular weight excluding hydrogens is 418 g/mol. The molecule has 0 spiro atoms. The van der Waals surface area contributed by atoms with Crippen molar-refractivity contribution in [2.75, 3.05) is 6.61 Å². The highest BCUT2D eigenvalue weighted by Crippen LogP contribution is 2.33. The van der Waals surface area contributed by atoms with Crippen molar-refractivity contribution in [3.8, 4) is 11.3 Å². The minimum atomic E-state index is -4.45. The first kappa shape index (κ1) is 21.6. The minimum Gasteiger partial charge on any atom is -0.361 e. The number of hydrogen-bond donors (Lipinski definition) is 0. The number of nitrogens with zero attached hydrogens (tertiary/aromatic N) is 3. The Bertz CT molecular complexity index is 1030. The first-order valence-electron chi connectivity index (χ1n) is 9.03. The number of aromatic nitrogens is 3. The fourth-order valence-corrected chi connectivity index (χ4v) is 4.05. The summed E-state index contributed by atoms with van der Waals surface area (Å²) in [4.78, 5) is 8.44. The molecule has 154 valence electrons. The zero-order valence-corrected chi connectivity index (χ0v) is 18.2. The van der Waals surface area contributed by atoms with Gasteiger partial charge in [-0.2, -0.15) is 13.2 Å². The first-order chi connectivity index (χ1) is 13.6. The molecule has 0 amide bonds. The van der Waals surface area contributed by atoms with E-state index >= 15 is 0 Å². The van der Waals surface area contributed by atoms with Crippen LogP contribution in [-0.4, -0.2) is 29.2 Å². The van der Waals surface area contributed by atoms with Crippen molar-refractivity contribution in [1.29, 1.82) is 0 Å². The van der Waals surface area contributed by atoms with Gasteiger partial charge < -0.3 is 4.74 Å². The van der Waals surface area contributed by atoms with Gasteiger partial charge in [0.05, 0.1) is 11.3 Å². The van der Waals surface area contributed by atoms with Crippen LogP contribution < -0.4 is 5.44 Å². The standard InChI is InChI=1S/C19H21F3N3O2PSi/c1-29(2,3)8-7-27-12-25-16(28-26)10-15-17(23-11-24-18(15)25)13-5-4-6-14(9-13)19(20,21)22/h4-6,9-11H,7-8,12H2,1-3H3. The second-order valence-electron chi connectivity index (χ2n) is 7.91. The molecule has 0 atom stereocenters. The summed E-state index contributed by atoms with van der Waals surface area (Å²) >= 11 is 0. The van der Waals surface area contributed by atoms with Crippen LogP contribution in [-0.2, 0) is 22.2 Å². The Morgan fingerprint density at radius 1 is 1.17 bits per heavy atom. The lowest BCUT2D eigenvalue weighted by atomic mass is 10.1. The second-order valence-corrected chi connectivity index (χ2v) is 14.2. The van der Waals surface area contributed by atoms with Crippen LogP contribution in [0.5, 0.6) is 0 Å². The molecule has 0 saturated heterocycles. The molecule has 29 heavy (non-hydrogen) atoms. The van der Waals surface area contributed by atoms with Crippen molar-refractivity contribution < 1.29 is 22.5 Å². The Labute approximate surface area is 169 Å². The van der Waals surface area contributed by atoms with Crippen LogP contribution in [0, 0.1) is 0 Å². The molecule has 0 unspecified atom stereocenters. The maximum Gasteiger partial charge on any atom is 0.416 e. The van der Waals surface area contributed by atoms with Crippen molar-refractivity contribution in [3.05, 3.63) is 42.2 Å². The lowest BCUT2D eigenvalue weighted by molar-refractivity contribution is -0.137. The molecule has 3 rings (SSSR count). The van der Waals surface area contributed by atoms with Gasteiger partial charge in [0.2, 0.25) is 8.46 Å². The third-order valence-electron chi connectivity index (χ3n) is 4.44. The van der Waals surface area contributed by atoms with Gasteiger partial charge in [-0.1, -0.05) is 31.8 Å². The lowest BCUT2D eigenvalue weighted by Gasteiger charge is -2.16. The van der Waals surface area contributed by atoms with Gasteiger partial charge in [0.1, 0.15) is 24.1 Å². The van der Waals surface area contributed by atoms with E-state index < -0.39 is 19.8 Å². The maximum absolute atomic E-state index is 13.1. The summed E-state index contributed by atoms with van der Waals surface area (Å²) < 4.78 is 58.3. The number of hydrogen-bond acceptors (Lipinski definition) is 4. The van der Waals surface area contributed by atoms with Crippen molar-refractivity contribution in [3.63, 3.8) is 0 Å². The fraction of sp³-hybridized carbons (Fsp3) is 0.368. The van der Waals surface area contributed by atoms with Gasteiger partial charge >= 0.3 is 6.18 Å². The number of fused-ring (bicyclic) bond motifs is 1. The van der Waals surface area contributed by atoms with Crippen LogP contribution in [0.4, 0.5) is 13.2 Å². The van der Waals surface area contributed by atoms with Crippen LogP contribution in [0.15, 0.2) is 36.7 Å². The molecule has 5 nitrogen and oxygen atoms in total. The van der Waals surface area contributed by atoms with E-state index in [0.717, 1.165) is 18.2 Å². The molecule has 0 aliphatic rings. The quantitative estimate of drug-likeness (QED) is 0.283. The van der Waals surface area contributed by atoms with E-state index in [1.165, 1.54) is 12.4 Å². The van der Waals surface area contributed by atoms with Crippen molar-refractivity contribution in [2.45, 2.75) is 38.6 Å². The Hall–Kier alpha value is -2.09. The monoisotopic (exact) mass is 439 g/mol. The van der Waals surface area contributed by atoms with E-state index in [2.05, 4.69) is 29.6 Å². The van der Waals surface area contributed by atoms with Crippen molar-refractivity contribution in [1.82, 2.24) is 14.5 Å². The minimum absolute atomic E-state index is 0.164. The number of benzene rings is 1. The Morgan fingerprint density at radius 2 is 1.93 bits per heavy atom. The lowest BCUT2D eigenvalue weighted by Crippen LogP contribution is -2.22. The molecule has 0 N–H and O–H groups in total. The van der Waals surface area contributed by atoms with Gasteiger partial charge in [0.25, 0.3) is 0 Å². The predicted octanol–water partition coefficient (Wildman–Crippen LogP) is 5.35. The van der Waals surface area contributed by atoms with E-state index in [-0.39, 0.29) is 15.2 Å². The van der Waals surface area contributed by atoms with E-state index in [9.17, 15) is 17.7 Å². The highest BCUT2D eigenvalue weighted by Gasteiger charge is 2.30. The summed E-state index contributed by atoms with van der Waals surface area (Å²) in [6.07, 6.45) is -3.15. The largest absolute Gasteiger partial charge is 0.416 e. The average Bonchev–Trinajstić information content (AvgIpc) is 3.01. The van der Waals surface area contributed by atoms with Crippen molar-refractivity contribution >= 4 is 33.0 Å². The van der Waals surface area contributed by atoms with Gasteiger partial charge in [-0.15, -0.1) is 0 Å². The van der Waals surface area contributed by atoms with Crippen LogP contribution in [0.1, 0.15) is 5.56 Å². The van der Waals surface area contributed by atoms with E-state index in [1.54, 1.807) is 16.7 Å². The topological polar surface area (TPSA) is 57.0 Å². The van der Waals surface area contributed by atoms with Crippen LogP contribution in [0.2, 0.25) is 25.7 Å². The van der Waals surface area contributed by atoms with Crippen LogP contribution >= 0.6 is 8.46 Å². The summed E-state index contributed by atoms with van der Waals surface area (Å²) in [5, 5.41) is 0.527. The van der Waals surface area contributed by atoms with Gasteiger partial charge in [-0.25, -0.2) is 9.97 Å². The predicted molar refractivity (Wildman–Crippen MR) is 109 cm³/mol. The molecule has 10 heteroatoms. The molecule has 0 bridgehead atoms. The zero-order valence-electron chi connectivity index (χ0n) is 16.3. The molecule has 0 saturated carbocycles. The molecule has 2 aromatic heterocycles. The Balaban J connectivity index is 1.98. The average molecular weight is 439 g/mol. The van der Waals surface area contributed by atoms with Gasteiger partial charge in [0, 0.05) is 25.6 Å². The van der Waals surface area contributed by atoms with E-state index in [1.807, 2.05) is 0 Å². The van der Waals surface area contributed by atoms with Crippen molar-refractivity contribution in [2.24, 2.45) is 0 Å². The summed E-state index contributed by atoms with van der Waals surface area (Å²) in [6.45, 7) is 7.49. The second kappa shape index (κ2) is 8.34. The highest BCUT2D eigenvalue weighted by molar-refractivity contribution is 7.33. The van der Waals surface area contributed by atoms with Gasteiger partial charge in [-0.3, -0.25) is 9.13 Å². The highest BCUT2D eigenvalue weighted by atomic mass is 31.1. The van der Waals surface area contributed by atoms with Crippen LogP contribution in [0.3, 0.4) is 0 Å². The van der Waals surface area contributed by atoms with Crippen LogP contribution in [0.25, 0.3) is 22.3 Å². The van der Waals surface area contributed by atoms with E-state index in [0.29, 0.717) is 34.3 Å². The number of ether oxygens (including phenoxy) is 1. The number of halogens is 3. The first-order valence-corrected chi connectivity index (χ1v) is 13.5. The molecular formula is C19H21F3N3O2PSi. The maximum atomic E-state index is 13.1. The fourth-order valence-electron chi connectivity index (χ4n) is 2.86. The molecule has 0 aliphatic carbocycles. The van der Waals surface area contributed by atoms with E-state index in [4.69, 9.17) is 4.74 Å². The summed E-state index contributed by atoms with van der Waals surface area (Å²) in [7, 11) is -1.47. The van der Waals surface area contributed by atoms with Gasteiger partial charge in [-0.05, 0) is 24.2 Å². The third kappa shape index (κ3) is 5.10. The molecule has 2 heterocycles. The molecule has 1 aromatic carbocycles. The number of rotatable bonds is 7. The molecule has 0 aliphatic heterocycles. The summed E-state index contributed by atoms with van der Waals surface area (Å²) in [5.74, 6) is 0. The van der Waals surface area contributed by atoms with Gasteiger partial charge in [0.15, 0.2) is 0 Å². The molecule has 0 radical (unpaired) electrons. The normalized spacial score (nSPS) is 12.8. The number of alkyl halides is 3. The summed E-state index contributed by atoms with van der Waals surface area (Å²) in [5.41, 5.74) is 0.823. The molecule has 3 aromatic rings. The summed E-state index contributed by atoms with van der Waals surface area (Å²) in [6, 6.07) is 7.59. The zero-order chi connectivity index (χ0) is 21.2. The Morgan fingerprint density at radius 3 is 2.59 bits per heavy atom. The third-order valence-corrected chi connectivity index (χ3v) is 6.70. The smallest absolute Gasteiger partial charge is 0.361 e.